The van der Waals surface area contributed by atoms with Gasteiger partial charge >= 0.3 is 5.97 Å². The summed E-state index contributed by atoms with van der Waals surface area (Å²) >= 11 is 0. The highest BCUT2D eigenvalue weighted by atomic mass is 16.8. The Hall–Kier alpha value is -1.58. The highest BCUT2D eigenvalue weighted by Gasteiger charge is 2.82. The van der Waals surface area contributed by atoms with Crippen LogP contribution in [0.25, 0.3) is 0 Å². The fraction of sp³-hybridized carbons (Fsp3) is 0.786. The van der Waals surface area contributed by atoms with Gasteiger partial charge < -0.3 is 29.9 Å². The van der Waals surface area contributed by atoms with Crippen LogP contribution in [0.3, 0.4) is 0 Å². The molecule has 4 aliphatic carbocycles. The third kappa shape index (κ3) is 2.40. The molecule has 198 valence electrons. The molecule has 0 amide bonds. The van der Waals surface area contributed by atoms with Crippen LogP contribution >= 0.6 is 0 Å². The van der Waals surface area contributed by atoms with Crippen LogP contribution in [0.15, 0.2) is 23.3 Å². The van der Waals surface area contributed by atoms with Crippen molar-refractivity contribution >= 4 is 11.8 Å². The molecule has 0 aromatic carbocycles. The summed E-state index contributed by atoms with van der Waals surface area (Å²) in [5, 5.41) is 47.8. The first-order valence-corrected chi connectivity index (χ1v) is 13.3. The molecule has 1 saturated heterocycles. The largest absolute Gasteiger partial charge is 0.429 e. The van der Waals surface area contributed by atoms with E-state index in [0.717, 1.165) is 5.57 Å². The number of carbonyl (C=O) groups excluding carboxylic acids is 2. The third-order valence-electron chi connectivity index (χ3n) is 12.2. The predicted octanol–water partition coefficient (Wildman–Crippen LogP) is 2.14. The van der Waals surface area contributed by atoms with Gasteiger partial charge in [0, 0.05) is 18.4 Å². The Morgan fingerprint density at radius 3 is 2.42 bits per heavy atom. The first-order chi connectivity index (χ1) is 16.6. The molecule has 3 unspecified atom stereocenters. The third-order valence-corrected chi connectivity index (χ3v) is 12.2. The molecule has 3 saturated carbocycles. The number of fused-ring (bicyclic) bond motifs is 4. The smallest absolute Gasteiger partial charge is 0.336 e. The van der Waals surface area contributed by atoms with E-state index in [-0.39, 0.29) is 43.3 Å². The Bertz CT molecular complexity index is 1130. The number of hydrogen-bond acceptors (Lipinski definition) is 8. The van der Waals surface area contributed by atoms with E-state index in [0.29, 0.717) is 18.4 Å². The second kappa shape index (κ2) is 6.89. The maximum Gasteiger partial charge on any atom is 0.336 e. The number of aliphatic hydroxyl groups is 4. The second-order valence-corrected chi connectivity index (χ2v) is 13.0. The average Bonchev–Trinajstić information content (AvgIpc) is 3.09. The van der Waals surface area contributed by atoms with Gasteiger partial charge in [0.2, 0.25) is 5.79 Å². The summed E-state index contributed by atoms with van der Waals surface area (Å²) in [5.41, 5.74) is -4.25. The van der Waals surface area contributed by atoms with Crippen molar-refractivity contribution in [3.63, 3.8) is 0 Å². The maximum atomic E-state index is 13.4. The van der Waals surface area contributed by atoms with Crippen molar-refractivity contribution in [2.24, 2.45) is 34.5 Å². The lowest BCUT2D eigenvalue weighted by molar-refractivity contribution is -0.473. The minimum Gasteiger partial charge on any atom is -0.429 e. The van der Waals surface area contributed by atoms with E-state index in [4.69, 9.17) is 9.47 Å². The molecule has 11 atom stereocenters. The molecule has 1 spiro atoms. The highest BCUT2D eigenvalue weighted by Crippen LogP contribution is 2.75. The highest BCUT2D eigenvalue weighted by molar-refractivity contribution is 5.97. The molecule has 6 aliphatic rings. The standard InChI is InChI=1S/C28H38O8/c1-14-12-27(35-22(31)15(14)2)16(3)25(32)10-8-18-17-11-21(30)26(33)9-6-7-20(29)23(26,4)19(17)13-28(34,36-27)24(18,25)5/h6-7,16-19,21,30,32-34H,8-13H2,1-5H3/t16-,17?,18?,19?,21+,23-,24-,25+,26-,27+,28-/m0/s1. The molecule has 2 heterocycles. The SMILES string of the molecule is CC1=C(C)C(=O)O[C@]2(C1)O[C@@]1(O)CC3C(C[C@@H](O)[C@@]4(O)CC=CC(=O)[C@]34C)C3CC[C@@](O)([C@@H]2C)[C@]31C. The summed E-state index contributed by atoms with van der Waals surface area (Å²) in [5.74, 6) is -5.87. The number of rotatable bonds is 0. The van der Waals surface area contributed by atoms with Gasteiger partial charge in [-0.25, -0.2) is 4.79 Å². The van der Waals surface area contributed by atoms with Crippen LogP contribution in [0.2, 0.25) is 0 Å². The quantitative estimate of drug-likeness (QED) is 0.370. The van der Waals surface area contributed by atoms with E-state index in [2.05, 4.69) is 0 Å². The molecule has 4 N–H and O–H groups in total. The number of ketones is 1. The summed E-state index contributed by atoms with van der Waals surface area (Å²) in [6.07, 6.45) is 3.53. The molecule has 8 nitrogen and oxygen atoms in total. The zero-order chi connectivity index (χ0) is 26.3. The number of aliphatic hydroxyl groups excluding tert-OH is 1. The van der Waals surface area contributed by atoms with Gasteiger partial charge in [0.25, 0.3) is 0 Å². The van der Waals surface area contributed by atoms with Gasteiger partial charge in [-0.1, -0.05) is 25.5 Å². The molecule has 0 bridgehead atoms. The summed E-state index contributed by atoms with van der Waals surface area (Å²) in [4.78, 5) is 26.3. The van der Waals surface area contributed by atoms with Crippen molar-refractivity contribution in [1.29, 1.82) is 0 Å². The monoisotopic (exact) mass is 502 g/mol. The Morgan fingerprint density at radius 1 is 1.06 bits per heavy atom. The molecule has 6 rings (SSSR count). The summed E-state index contributed by atoms with van der Waals surface area (Å²) in [6, 6.07) is 0. The van der Waals surface area contributed by atoms with Gasteiger partial charge in [-0.15, -0.1) is 0 Å². The molecule has 0 radical (unpaired) electrons. The van der Waals surface area contributed by atoms with Crippen molar-refractivity contribution in [3.8, 4) is 0 Å². The molecule has 36 heavy (non-hydrogen) atoms. The van der Waals surface area contributed by atoms with Crippen LogP contribution in [-0.2, 0) is 19.1 Å². The fourth-order valence-corrected chi connectivity index (χ4v) is 9.60. The number of esters is 1. The Balaban J connectivity index is 1.52. The summed E-state index contributed by atoms with van der Waals surface area (Å²) in [6.45, 7) is 8.90. The van der Waals surface area contributed by atoms with Gasteiger partial charge in [-0.2, -0.15) is 0 Å². The lowest BCUT2D eigenvalue weighted by Crippen LogP contribution is -2.80. The number of hydrogen-bond donors (Lipinski definition) is 4. The molecule has 2 aliphatic heterocycles. The molecular weight excluding hydrogens is 464 g/mol. The van der Waals surface area contributed by atoms with Crippen LogP contribution in [0.5, 0.6) is 0 Å². The zero-order valence-corrected chi connectivity index (χ0v) is 21.7. The van der Waals surface area contributed by atoms with Gasteiger partial charge in [-0.3, -0.25) is 4.79 Å². The van der Waals surface area contributed by atoms with E-state index in [1.54, 1.807) is 19.9 Å². The van der Waals surface area contributed by atoms with E-state index < -0.39 is 57.5 Å². The molecule has 0 aromatic heterocycles. The average molecular weight is 503 g/mol. The fourth-order valence-electron chi connectivity index (χ4n) is 9.60. The van der Waals surface area contributed by atoms with Crippen LogP contribution in [0.1, 0.15) is 73.1 Å². The first-order valence-electron chi connectivity index (χ1n) is 13.3. The molecular formula is C28H38O8. The van der Waals surface area contributed by atoms with Gasteiger partial charge in [-0.05, 0) is 70.3 Å². The van der Waals surface area contributed by atoms with Gasteiger partial charge in [0.1, 0.15) is 5.60 Å². The van der Waals surface area contributed by atoms with Crippen LogP contribution < -0.4 is 0 Å². The molecule has 8 heteroatoms. The van der Waals surface area contributed by atoms with Crippen LogP contribution in [0.4, 0.5) is 0 Å². The van der Waals surface area contributed by atoms with E-state index in [1.165, 1.54) is 6.08 Å². The van der Waals surface area contributed by atoms with E-state index >= 15 is 0 Å². The van der Waals surface area contributed by atoms with Gasteiger partial charge in [0.15, 0.2) is 11.6 Å². The van der Waals surface area contributed by atoms with Crippen molar-refractivity contribution in [3.05, 3.63) is 23.3 Å². The lowest BCUT2D eigenvalue weighted by Gasteiger charge is -2.71. The normalized spacial score (nSPS) is 57.9. The van der Waals surface area contributed by atoms with Crippen LogP contribution in [0, 0.1) is 34.5 Å². The number of ether oxygens (including phenoxy) is 2. The minimum absolute atomic E-state index is 0.0220. The lowest BCUT2D eigenvalue weighted by atomic mass is 9.40. The number of carbonyl (C=O) groups is 2. The van der Waals surface area contributed by atoms with Crippen molar-refractivity contribution < 1.29 is 39.5 Å². The first kappa shape index (κ1) is 24.7. The summed E-state index contributed by atoms with van der Waals surface area (Å²) in [7, 11) is 0. The van der Waals surface area contributed by atoms with Crippen molar-refractivity contribution in [1.82, 2.24) is 0 Å². The molecule has 0 aromatic rings. The minimum atomic E-state index is -1.92. The predicted molar refractivity (Wildman–Crippen MR) is 127 cm³/mol. The Morgan fingerprint density at radius 2 is 1.75 bits per heavy atom. The number of allylic oxidation sites excluding steroid dienone is 1. The topological polar surface area (TPSA) is 134 Å². The van der Waals surface area contributed by atoms with Crippen molar-refractivity contribution in [2.75, 3.05) is 0 Å². The molecule has 4 fully saturated rings. The van der Waals surface area contributed by atoms with E-state index in [9.17, 15) is 30.0 Å². The maximum absolute atomic E-state index is 13.4. The summed E-state index contributed by atoms with van der Waals surface area (Å²) < 4.78 is 12.5. The Kier molecular flexibility index (Phi) is 4.73. The van der Waals surface area contributed by atoms with Crippen LogP contribution in [-0.4, -0.2) is 61.1 Å². The zero-order valence-electron chi connectivity index (χ0n) is 21.7. The second-order valence-electron chi connectivity index (χ2n) is 13.0. The Labute approximate surface area is 211 Å². The van der Waals surface area contributed by atoms with E-state index in [1.807, 2.05) is 20.8 Å². The van der Waals surface area contributed by atoms with Crippen molar-refractivity contribution in [2.45, 2.75) is 102 Å². The van der Waals surface area contributed by atoms with Gasteiger partial charge in [0.05, 0.1) is 28.5 Å².